The van der Waals surface area contributed by atoms with Crippen molar-refractivity contribution in [1.29, 1.82) is 0 Å². The van der Waals surface area contributed by atoms with Gasteiger partial charge in [-0.3, -0.25) is 4.79 Å². The van der Waals surface area contributed by atoms with Gasteiger partial charge in [0.15, 0.2) is 0 Å². The van der Waals surface area contributed by atoms with Crippen molar-refractivity contribution in [3.63, 3.8) is 0 Å². The molecule has 1 aromatic rings. The molecule has 0 saturated heterocycles. The first-order valence-corrected chi connectivity index (χ1v) is 5.24. The number of esters is 1. The largest absolute Gasteiger partial charge is 0.467 e. The third-order valence-corrected chi connectivity index (χ3v) is 2.38. The van der Waals surface area contributed by atoms with Crippen LogP contribution in [0.3, 0.4) is 0 Å². The Hall–Kier alpha value is -2.11. The summed E-state index contributed by atoms with van der Waals surface area (Å²) < 4.78 is 17.6. The van der Waals surface area contributed by atoms with Crippen molar-refractivity contribution >= 4 is 17.6 Å². The van der Waals surface area contributed by atoms with Crippen molar-refractivity contribution in [1.82, 2.24) is 5.32 Å². The summed E-state index contributed by atoms with van der Waals surface area (Å²) in [5.41, 5.74) is 4.47. The van der Waals surface area contributed by atoms with Crippen LogP contribution in [0.2, 0.25) is 0 Å². The predicted molar refractivity (Wildman–Crippen MR) is 64.4 cm³/mol. The Morgan fingerprint density at radius 3 is 2.56 bits per heavy atom. The Balaban J connectivity index is 2.95. The van der Waals surface area contributed by atoms with Crippen molar-refractivity contribution in [3.05, 3.63) is 29.6 Å². The van der Waals surface area contributed by atoms with E-state index < -0.39 is 23.2 Å². The van der Waals surface area contributed by atoms with Crippen LogP contribution in [0.5, 0.6) is 0 Å². The topological polar surface area (TPSA) is 81.4 Å². The molecule has 0 aliphatic rings. The fourth-order valence-electron chi connectivity index (χ4n) is 1.38. The minimum absolute atomic E-state index is 0.0213. The minimum atomic E-state index is -1.22. The maximum Gasteiger partial charge on any atom is 0.330 e. The molecule has 0 bridgehead atoms. The summed E-state index contributed by atoms with van der Waals surface area (Å²) in [5, 5.41) is 2.43. The molecule has 18 heavy (non-hydrogen) atoms. The summed E-state index contributed by atoms with van der Waals surface area (Å²) in [5.74, 6) is -1.82. The van der Waals surface area contributed by atoms with Crippen LogP contribution in [-0.2, 0) is 9.53 Å². The number of halogens is 1. The highest BCUT2D eigenvalue weighted by atomic mass is 19.1. The minimum Gasteiger partial charge on any atom is -0.467 e. The van der Waals surface area contributed by atoms with E-state index in [1.807, 2.05) is 0 Å². The Bertz CT molecular complexity index is 486. The Morgan fingerprint density at radius 1 is 1.39 bits per heavy atom. The average Bonchev–Trinajstić information content (AvgIpc) is 2.30. The molecule has 0 aliphatic carbocycles. The van der Waals surface area contributed by atoms with Crippen LogP contribution in [0, 0.1) is 5.82 Å². The number of hydrogen-bond acceptors (Lipinski definition) is 4. The number of nitrogen functional groups attached to an aromatic ring is 1. The standard InChI is InChI=1S/C12H15FN2O3/c1-12(2,11(17)18-3)15-10(16)8-6-7(13)4-5-9(8)14/h4-6H,14H2,1-3H3,(H,15,16). The molecule has 0 spiro atoms. The number of carbonyl (C=O) groups excluding carboxylic acids is 2. The number of nitrogens with two attached hydrogens (primary N) is 1. The molecule has 0 aliphatic heterocycles. The molecule has 3 N–H and O–H groups in total. The first kappa shape index (κ1) is 14.0. The molecule has 1 rings (SSSR count). The van der Waals surface area contributed by atoms with E-state index in [0.29, 0.717) is 0 Å². The lowest BCUT2D eigenvalue weighted by molar-refractivity contribution is -0.146. The summed E-state index contributed by atoms with van der Waals surface area (Å²) >= 11 is 0. The fraction of sp³-hybridized carbons (Fsp3) is 0.333. The van der Waals surface area contributed by atoms with E-state index in [0.717, 1.165) is 12.1 Å². The van der Waals surface area contributed by atoms with Crippen LogP contribution in [0.4, 0.5) is 10.1 Å². The van der Waals surface area contributed by atoms with Crippen LogP contribution in [0.15, 0.2) is 18.2 Å². The predicted octanol–water partition coefficient (Wildman–Crippen LogP) is 1.09. The lowest BCUT2D eigenvalue weighted by Crippen LogP contribution is -2.50. The van der Waals surface area contributed by atoms with E-state index in [1.165, 1.54) is 27.0 Å². The number of hydrogen-bond donors (Lipinski definition) is 2. The van der Waals surface area contributed by atoms with Gasteiger partial charge in [0.1, 0.15) is 11.4 Å². The monoisotopic (exact) mass is 254 g/mol. The lowest BCUT2D eigenvalue weighted by Gasteiger charge is -2.23. The van der Waals surface area contributed by atoms with E-state index >= 15 is 0 Å². The van der Waals surface area contributed by atoms with Crippen molar-refractivity contribution in [2.24, 2.45) is 0 Å². The van der Waals surface area contributed by atoms with Gasteiger partial charge in [-0.25, -0.2) is 9.18 Å². The van der Waals surface area contributed by atoms with Gasteiger partial charge >= 0.3 is 5.97 Å². The van der Waals surface area contributed by atoms with E-state index in [9.17, 15) is 14.0 Å². The molecule has 0 unspecified atom stereocenters. The zero-order valence-electron chi connectivity index (χ0n) is 10.4. The van der Waals surface area contributed by atoms with E-state index in [-0.39, 0.29) is 11.3 Å². The molecule has 0 saturated carbocycles. The van der Waals surface area contributed by atoms with E-state index in [1.54, 1.807) is 0 Å². The highest BCUT2D eigenvalue weighted by molar-refractivity contribution is 6.01. The molecule has 0 atom stereocenters. The first-order chi connectivity index (χ1) is 8.27. The third kappa shape index (κ3) is 2.97. The molecule has 0 aromatic heterocycles. The first-order valence-electron chi connectivity index (χ1n) is 5.24. The summed E-state index contributed by atoms with van der Waals surface area (Å²) in [6.45, 7) is 2.96. The van der Waals surface area contributed by atoms with Crippen molar-refractivity contribution in [3.8, 4) is 0 Å². The Morgan fingerprint density at radius 2 is 2.00 bits per heavy atom. The summed E-state index contributed by atoms with van der Waals surface area (Å²) in [4.78, 5) is 23.3. The number of benzene rings is 1. The molecule has 0 heterocycles. The van der Waals surface area contributed by atoms with Gasteiger partial charge < -0.3 is 15.8 Å². The number of nitrogens with one attached hydrogen (secondary N) is 1. The lowest BCUT2D eigenvalue weighted by atomic mass is 10.0. The van der Waals surface area contributed by atoms with Gasteiger partial charge in [0.05, 0.1) is 12.7 Å². The Kier molecular flexibility index (Phi) is 3.90. The SMILES string of the molecule is COC(=O)C(C)(C)NC(=O)c1cc(F)ccc1N. The molecular formula is C12H15FN2O3. The molecule has 0 fully saturated rings. The van der Waals surface area contributed by atoms with Crippen molar-refractivity contribution in [2.45, 2.75) is 19.4 Å². The molecular weight excluding hydrogens is 239 g/mol. The number of ether oxygens (including phenoxy) is 1. The van der Waals surface area contributed by atoms with Crippen LogP contribution < -0.4 is 11.1 Å². The summed E-state index contributed by atoms with van der Waals surface area (Å²) in [6, 6.07) is 3.45. The number of carbonyl (C=O) groups is 2. The van der Waals surface area contributed by atoms with Crippen molar-refractivity contribution in [2.75, 3.05) is 12.8 Å². The number of amides is 1. The van der Waals surface area contributed by atoms with Gasteiger partial charge in [-0.05, 0) is 32.0 Å². The molecule has 5 nitrogen and oxygen atoms in total. The van der Waals surface area contributed by atoms with E-state index in [2.05, 4.69) is 10.1 Å². The van der Waals surface area contributed by atoms with Gasteiger partial charge in [-0.15, -0.1) is 0 Å². The van der Waals surface area contributed by atoms with E-state index in [4.69, 9.17) is 5.73 Å². The average molecular weight is 254 g/mol. The normalized spacial score (nSPS) is 10.9. The van der Waals surface area contributed by atoms with Gasteiger partial charge in [0.25, 0.3) is 5.91 Å². The second-order valence-corrected chi connectivity index (χ2v) is 4.30. The quantitative estimate of drug-likeness (QED) is 0.625. The maximum absolute atomic E-state index is 13.0. The second kappa shape index (κ2) is 5.03. The molecule has 6 heteroatoms. The zero-order chi connectivity index (χ0) is 13.9. The summed E-state index contributed by atoms with van der Waals surface area (Å²) in [7, 11) is 1.22. The molecule has 1 aromatic carbocycles. The maximum atomic E-state index is 13.0. The van der Waals surface area contributed by atoms with Crippen molar-refractivity contribution < 1.29 is 18.7 Å². The van der Waals surface area contributed by atoms with Crippen LogP contribution >= 0.6 is 0 Å². The third-order valence-electron chi connectivity index (χ3n) is 2.38. The highest BCUT2D eigenvalue weighted by Crippen LogP contribution is 2.15. The highest BCUT2D eigenvalue weighted by Gasteiger charge is 2.31. The second-order valence-electron chi connectivity index (χ2n) is 4.30. The van der Waals surface area contributed by atoms with Gasteiger partial charge in [-0.1, -0.05) is 0 Å². The fourth-order valence-corrected chi connectivity index (χ4v) is 1.38. The molecule has 0 radical (unpaired) electrons. The number of rotatable bonds is 3. The molecule has 98 valence electrons. The molecule has 1 amide bonds. The van der Waals surface area contributed by atoms with Gasteiger partial charge in [0, 0.05) is 5.69 Å². The number of anilines is 1. The van der Waals surface area contributed by atoms with Gasteiger partial charge in [0.2, 0.25) is 0 Å². The Labute approximate surface area is 104 Å². The zero-order valence-corrected chi connectivity index (χ0v) is 10.4. The number of methoxy groups -OCH3 is 1. The van der Waals surface area contributed by atoms with Crippen LogP contribution in [0.25, 0.3) is 0 Å². The smallest absolute Gasteiger partial charge is 0.330 e. The van der Waals surface area contributed by atoms with Gasteiger partial charge in [-0.2, -0.15) is 0 Å². The summed E-state index contributed by atoms with van der Waals surface area (Å²) in [6.07, 6.45) is 0. The van der Waals surface area contributed by atoms with Crippen LogP contribution in [-0.4, -0.2) is 24.5 Å². The van der Waals surface area contributed by atoms with Crippen LogP contribution in [0.1, 0.15) is 24.2 Å².